The molecule has 1 fully saturated rings. The van der Waals surface area contributed by atoms with Crippen LogP contribution in [0.5, 0.6) is 0 Å². The van der Waals surface area contributed by atoms with Gasteiger partial charge in [-0.15, -0.1) is 0 Å². The van der Waals surface area contributed by atoms with Gasteiger partial charge in [0.2, 0.25) is 0 Å². The van der Waals surface area contributed by atoms with Crippen LogP contribution in [0.4, 0.5) is 10.5 Å². The Morgan fingerprint density at radius 1 is 0.923 bits per heavy atom. The lowest BCUT2D eigenvalue weighted by Crippen LogP contribution is -2.54. The Balaban J connectivity index is 1.95. The van der Waals surface area contributed by atoms with Gasteiger partial charge in [0.1, 0.15) is 5.57 Å². The Hall–Kier alpha value is -3.21. The zero-order chi connectivity index (χ0) is 18.8. The zero-order valence-corrected chi connectivity index (χ0v) is 14.9. The molecule has 0 aliphatic carbocycles. The van der Waals surface area contributed by atoms with Crippen molar-refractivity contribution in [3.63, 3.8) is 0 Å². The second-order valence-electron chi connectivity index (χ2n) is 6.61. The van der Waals surface area contributed by atoms with E-state index in [0.717, 1.165) is 16.0 Å². The smallest absolute Gasteiger partial charge is 0.273 e. The Labute approximate surface area is 152 Å². The summed E-state index contributed by atoms with van der Waals surface area (Å²) >= 11 is 0. The first-order valence-corrected chi connectivity index (χ1v) is 8.45. The van der Waals surface area contributed by atoms with Crippen molar-refractivity contribution in [1.82, 2.24) is 5.32 Å². The number of nitrogens with zero attached hydrogens (tertiary/aromatic N) is 1. The molecule has 0 atom stereocenters. The van der Waals surface area contributed by atoms with Crippen LogP contribution in [-0.4, -0.2) is 17.8 Å². The predicted molar refractivity (Wildman–Crippen MR) is 101 cm³/mol. The van der Waals surface area contributed by atoms with Gasteiger partial charge in [-0.3, -0.25) is 14.9 Å². The lowest BCUT2D eigenvalue weighted by molar-refractivity contribution is -0.122. The van der Waals surface area contributed by atoms with Crippen molar-refractivity contribution in [3.8, 4) is 0 Å². The number of barbiturate groups is 1. The highest BCUT2D eigenvalue weighted by atomic mass is 16.2. The molecule has 5 heteroatoms. The highest BCUT2D eigenvalue weighted by Gasteiger charge is 2.36. The van der Waals surface area contributed by atoms with E-state index in [1.807, 2.05) is 31.2 Å². The third-order valence-corrected chi connectivity index (χ3v) is 4.31. The molecule has 4 amide bonds. The summed E-state index contributed by atoms with van der Waals surface area (Å²) in [5.41, 5.74) is 3.26. The molecular formula is C21H20N2O3. The summed E-state index contributed by atoms with van der Waals surface area (Å²) < 4.78 is 0. The van der Waals surface area contributed by atoms with Crippen LogP contribution in [0.3, 0.4) is 0 Å². The first-order valence-electron chi connectivity index (χ1n) is 8.45. The second-order valence-corrected chi connectivity index (χ2v) is 6.61. The predicted octanol–water partition coefficient (Wildman–Crippen LogP) is 3.78. The van der Waals surface area contributed by atoms with Gasteiger partial charge in [0.25, 0.3) is 11.8 Å². The largest absolute Gasteiger partial charge is 0.335 e. The third-order valence-electron chi connectivity index (χ3n) is 4.31. The summed E-state index contributed by atoms with van der Waals surface area (Å²) in [5.74, 6) is -0.919. The van der Waals surface area contributed by atoms with E-state index in [1.54, 1.807) is 24.3 Å². The number of rotatable bonds is 3. The SMILES string of the molecule is Cc1ccc(N2C(=O)NC(=O)/C(=C\c3ccc(C(C)C)cc3)C2=O)cc1. The Morgan fingerprint density at radius 3 is 2.12 bits per heavy atom. The molecular weight excluding hydrogens is 328 g/mol. The average Bonchev–Trinajstić information content (AvgIpc) is 2.60. The fourth-order valence-corrected chi connectivity index (χ4v) is 2.73. The van der Waals surface area contributed by atoms with Crippen LogP contribution in [0.25, 0.3) is 6.08 Å². The molecule has 1 saturated heterocycles. The fraction of sp³-hybridized carbons (Fsp3) is 0.190. The fourth-order valence-electron chi connectivity index (χ4n) is 2.73. The molecule has 0 radical (unpaired) electrons. The van der Waals surface area contributed by atoms with Crippen molar-refractivity contribution in [2.75, 3.05) is 4.90 Å². The van der Waals surface area contributed by atoms with Gasteiger partial charge < -0.3 is 0 Å². The number of imide groups is 2. The van der Waals surface area contributed by atoms with Crippen LogP contribution < -0.4 is 10.2 Å². The number of urea groups is 1. The Kier molecular flexibility index (Phi) is 4.71. The normalized spacial score (nSPS) is 16.4. The van der Waals surface area contributed by atoms with E-state index in [1.165, 1.54) is 11.6 Å². The maximum absolute atomic E-state index is 12.8. The van der Waals surface area contributed by atoms with E-state index in [2.05, 4.69) is 19.2 Å². The number of nitrogens with one attached hydrogen (secondary N) is 1. The summed E-state index contributed by atoms with van der Waals surface area (Å²) in [6.45, 7) is 6.10. The van der Waals surface area contributed by atoms with Crippen molar-refractivity contribution in [3.05, 3.63) is 70.8 Å². The van der Waals surface area contributed by atoms with Gasteiger partial charge in [0.15, 0.2) is 0 Å². The van der Waals surface area contributed by atoms with Gasteiger partial charge in [0.05, 0.1) is 5.69 Å². The van der Waals surface area contributed by atoms with Crippen molar-refractivity contribution in [1.29, 1.82) is 0 Å². The molecule has 0 spiro atoms. The lowest BCUT2D eigenvalue weighted by atomic mass is 10.0. The topological polar surface area (TPSA) is 66.5 Å². The number of amides is 4. The highest BCUT2D eigenvalue weighted by Crippen LogP contribution is 2.23. The molecule has 0 aromatic heterocycles. The monoisotopic (exact) mass is 348 g/mol. The number of aryl methyl sites for hydroxylation is 1. The summed E-state index contributed by atoms with van der Waals surface area (Å²) in [4.78, 5) is 38.1. The summed E-state index contributed by atoms with van der Waals surface area (Å²) in [7, 11) is 0. The van der Waals surface area contributed by atoms with Gasteiger partial charge in [-0.1, -0.05) is 55.8 Å². The molecule has 2 aromatic rings. The minimum absolute atomic E-state index is 0.0672. The first-order chi connectivity index (χ1) is 12.4. The standard InChI is InChI=1S/C21H20N2O3/c1-13(2)16-8-6-15(7-9-16)12-18-19(24)22-21(26)23(20(18)25)17-10-4-14(3)5-11-17/h4-13H,1-3H3,(H,22,24,26)/b18-12+. The molecule has 0 unspecified atom stereocenters. The minimum Gasteiger partial charge on any atom is -0.273 e. The molecule has 1 aliphatic heterocycles. The molecule has 26 heavy (non-hydrogen) atoms. The second kappa shape index (κ2) is 6.96. The molecule has 2 aromatic carbocycles. The number of hydrogen-bond acceptors (Lipinski definition) is 3. The summed E-state index contributed by atoms with van der Waals surface area (Å²) in [5, 5.41) is 2.23. The van der Waals surface area contributed by atoms with E-state index >= 15 is 0 Å². The molecule has 1 N–H and O–H groups in total. The van der Waals surface area contributed by atoms with E-state index in [-0.39, 0.29) is 5.57 Å². The van der Waals surface area contributed by atoms with Gasteiger partial charge >= 0.3 is 6.03 Å². The van der Waals surface area contributed by atoms with Gasteiger partial charge in [0, 0.05) is 0 Å². The van der Waals surface area contributed by atoms with Crippen LogP contribution in [0.15, 0.2) is 54.1 Å². The van der Waals surface area contributed by atoms with Crippen LogP contribution in [0.2, 0.25) is 0 Å². The van der Waals surface area contributed by atoms with Crippen molar-refractivity contribution in [2.45, 2.75) is 26.7 Å². The van der Waals surface area contributed by atoms with E-state index in [4.69, 9.17) is 0 Å². The Bertz CT molecular complexity index is 894. The highest BCUT2D eigenvalue weighted by molar-refractivity contribution is 6.39. The van der Waals surface area contributed by atoms with E-state index in [9.17, 15) is 14.4 Å². The molecule has 1 heterocycles. The zero-order valence-electron chi connectivity index (χ0n) is 14.9. The third kappa shape index (κ3) is 3.42. The lowest BCUT2D eigenvalue weighted by Gasteiger charge is -2.26. The van der Waals surface area contributed by atoms with Gasteiger partial charge in [-0.05, 0) is 42.2 Å². The molecule has 0 bridgehead atoms. The number of carbonyl (C=O) groups excluding carboxylic acids is 3. The molecule has 0 saturated carbocycles. The molecule has 1 aliphatic rings. The maximum atomic E-state index is 12.8. The maximum Gasteiger partial charge on any atom is 0.335 e. The number of anilines is 1. The molecule has 132 valence electrons. The van der Waals surface area contributed by atoms with Crippen LogP contribution in [0.1, 0.15) is 36.5 Å². The number of benzene rings is 2. The minimum atomic E-state index is -0.740. The Morgan fingerprint density at radius 2 is 1.54 bits per heavy atom. The van der Waals surface area contributed by atoms with Gasteiger partial charge in [-0.25, -0.2) is 9.69 Å². The van der Waals surface area contributed by atoms with E-state index in [0.29, 0.717) is 11.6 Å². The van der Waals surface area contributed by atoms with Crippen LogP contribution in [-0.2, 0) is 9.59 Å². The van der Waals surface area contributed by atoms with Crippen molar-refractivity contribution < 1.29 is 14.4 Å². The quantitative estimate of drug-likeness (QED) is 0.678. The molecule has 3 rings (SSSR count). The first kappa shape index (κ1) is 17.6. The van der Waals surface area contributed by atoms with Crippen molar-refractivity contribution >= 4 is 29.6 Å². The summed E-state index contributed by atoms with van der Waals surface area (Å²) in [6, 6.07) is 13.9. The molecule has 5 nitrogen and oxygen atoms in total. The van der Waals surface area contributed by atoms with E-state index < -0.39 is 17.8 Å². The van der Waals surface area contributed by atoms with Crippen molar-refractivity contribution in [2.24, 2.45) is 0 Å². The van der Waals surface area contributed by atoms with Gasteiger partial charge in [-0.2, -0.15) is 0 Å². The number of hydrogen-bond donors (Lipinski definition) is 1. The number of carbonyl (C=O) groups is 3. The average molecular weight is 348 g/mol. The summed E-state index contributed by atoms with van der Waals surface area (Å²) in [6.07, 6.45) is 1.51. The van der Waals surface area contributed by atoms with Crippen LogP contribution >= 0.6 is 0 Å². The van der Waals surface area contributed by atoms with Crippen LogP contribution in [0, 0.1) is 6.92 Å².